The average Bonchev–Trinajstić information content (AvgIpc) is 2.71. The summed E-state index contributed by atoms with van der Waals surface area (Å²) in [6.07, 6.45) is 0.859. The van der Waals surface area contributed by atoms with Crippen LogP contribution in [-0.4, -0.2) is 26.4 Å². The van der Waals surface area contributed by atoms with E-state index in [1.165, 1.54) is 0 Å². The van der Waals surface area contributed by atoms with Gasteiger partial charge in [-0.05, 0) is 6.42 Å². The molecule has 0 aromatic heterocycles. The maximum absolute atomic E-state index is 5.72. The van der Waals surface area contributed by atoms with Crippen LogP contribution in [0, 0.1) is 0 Å². The number of hydrogen-bond acceptors (Lipinski definition) is 3. The zero-order valence-electron chi connectivity index (χ0n) is 8.31. The van der Waals surface area contributed by atoms with E-state index < -0.39 is 0 Å². The van der Waals surface area contributed by atoms with Crippen molar-refractivity contribution in [3.63, 3.8) is 0 Å². The molecule has 1 aliphatic rings. The van der Waals surface area contributed by atoms with Crippen LogP contribution in [-0.2, 0) is 14.2 Å². The van der Waals surface area contributed by atoms with Crippen LogP contribution in [0.3, 0.4) is 0 Å². The number of rotatable bonds is 3. The molecular formula is C11H15O3-. The quantitative estimate of drug-likeness (QED) is 0.689. The van der Waals surface area contributed by atoms with E-state index in [0.717, 1.165) is 18.6 Å². The van der Waals surface area contributed by atoms with Gasteiger partial charge in [0.25, 0.3) is 0 Å². The molecule has 1 aromatic rings. The third-order valence-corrected chi connectivity index (χ3v) is 2.34. The highest BCUT2D eigenvalue weighted by molar-refractivity contribution is 5.17. The third-order valence-electron chi connectivity index (χ3n) is 2.34. The lowest BCUT2D eigenvalue weighted by Gasteiger charge is -2.31. The van der Waals surface area contributed by atoms with E-state index in [4.69, 9.17) is 14.2 Å². The minimum Gasteiger partial charge on any atom is -0.382 e. The number of ether oxygens (including phenoxy) is 3. The van der Waals surface area contributed by atoms with E-state index in [1.807, 2.05) is 24.3 Å². The summed E-state index contributed by atoms with van der Waals surface area (Å²) < 4.78 is 16.3. The van der Waals surface area contributed by atoms with E-state index in [2.05, 4.69) is 0 Å². The van der Waals surface area contributed by atoms with Gasteiger partial charge < -0.3 is 14.2 Å². The highest BCUT2D eigenvalue weighted by Crippen LogP contribution is 2.26. The Labute approximate surface area is 83.9 Å². The van der Waals surface area contributed by atoms with E-state index in [0.29, 0.717) is 6.61 Å². The molecule has 0 N–H and O–H groups in total. The van der Waals surface area contributed by atoms with Gasteiger partial charge in [-0.2, -0.15) is 12.1 Å². The second-order valence-electron chi connectivity index (χ2n) is 3.42. The van der Waals surface area contributed by atoms with Crippen molar-refractivity contribution in [3.8, 4) is 0 Å². The molecule has 0 amide bonds. The zero-order valence-corrected chi connectivity index (χ0v) is 8.31. The Kier molecular flexibility index (Phi) is 3.24. The molecule has 14 heavy (non-hydrogen) atoms. The summed E-state index contributed by atoms with van der Waals surface area (Å²) in [6.45, 7) is 1.38. The summed E-state index contributed by atoms with van der Waals surface area (Å²) in [6, 6.07) is 8.00. The fraction of sp³-hybridized carbons (Fsp3) is 0.545. The topological polar surface area (TPSA) is 27.7 Å². The lowest BCUT2D eigenvalue weighted by Crippen LogP contribution is -2.30. The maximum atomic E-state index is 5.72. The van der Waals surface area contributed by atoms with Gasteiger partial charge in [0.05, 0.1) is 19.3 Å². The van der Waals surface area contributed by atoms with Crippen LogP contribution in [0.15, 0.2) is 24.3 Å². The largest absolute Gasteiger partial charge is 0.382 e. The van der Waals surface area contributed by atoms with Crippen molar-refractivity contribution in [1.29, 1.82) is 0 Å². The van der Waals surface area contributed by atoms with Gasteiger partial charge in [0.2, 0.25) is 0 Å². The molecule has 1 aromatic carbocycles. The summed E-state index contributed by atoms with van der Waals surface area (Å²) in [5.41, 5.74) is 1.09. The highest BCUT2D eigenvalue weighted by atomic mass is 16.7. The molecule has 78 valence electrons. The molecular weight excluding hydrogens is 180 g/mol. The smallest absolute Gasteiger partial charge is 0.161 e. The Morgan fingerprint density at radius 2 is 2.57 bits per heavy atom. The standard InChI is InChI=1S/C11H15O3/c1-12-8-10-6-7-13-11(14-10)9-4-2-3-5-9/h2-5,10-11H,6-8H2,1H3/q-1/t10-,11?/m0/s1. The maximum Gasteiger partial charge on any atom is 0.161 e. The predicted octanol–water partition coefficient (Wildman–Crippen LogP) is 1.86. The van der Waals surface area contributed by atoms with E-state index in [9.17, 15) is 0 Å². The second kappa shape index (κ2) is 4.64. The normalized spacial score (nSPS) is 27.8. The first-order valence-corrected chi connectivity index (χ1v) is 4.88. The van der Waals surface area contributed by atoms with Crippen LogP contribution in [0.4, 0.5) is 0 Å². The molecule has 1 aliphatic heterocycles. The summed E-state index contributed by atoms with van der Waals surface area (Å²) >= 11 is 0. The van der Waals surface area contributed by atoms with Gasteiger partial charge in [-0.3, -0.25) is 0 Å². The van der Waals surface area contributed by atoms with Crippen LogP contribution in [0.25, 0.3) is 0 Å². The minimum absolute atomic E-state index is 0.161. The number of hydrogen-bond donors (Lipinski definition) is 0. The molecule has 2 atom stereocenters. The van der Waals surface area contributed by atoms with Gasteiger partial charge in [-0.25, -0.2) is 12.1 Å². The van der Waals surface area contributed by atoms with E-state index in [1.54, 1.807) is 7.11 Å². The van der Waals surface area contributed by atoms with Crippen molar-refractivity contribution in [2.75, 3.05) is 20.3 Å². The summed E-state index contributed by atoms with van der Waals surface area (Å²) in [7, 11) is 1.69. The average molecular weight is 195 g/mol. The fourth-order valence-electron chi connectivity index (χ4n) is 1.62. The molecule has 1 fully saturated rings. The van der Waals surface area contributed by atoms with Gasteiger partial charge >= 0.3 is 0 Å². The number of methoxy groups -OCH3 is 1. The van der Waals surface area contributed by atoms with Crippen molar-refractivity contribution in [2.24, 2.45) is 0 Å². The van der Waals surface area contributed by atoms with Gasteiger partial charge in [-0.15, -0.1) is 5.56 Å². The Morgan fingerprint density at radius 3 is 3.29 bits per heavy atom. The molecule has 1 heterocycles. The molecule has 0 saturated carbocycles. The fourth-order valence-corrected chi connectivity index (χ4v) is 1.62. The van der Waals surface area contributed by atoms with Crippen LogP contribution in [0.5, 0.6) is 0 Å². The lowest BCUT2D eigenvalue weighted by molar-refractivity contribution is -0.225. The van der Waals surface area contributed by atoms with E-state index in [-0.39, 0.29) is 12.4 Å². The molecule has 1 saturated heterocycles. The summed E-state index contributed by atoms with van der Waals surface area (Å²) in [5.74, 6) is 0. The van der Waals surface area contributed by atoms with Gasteiger partial charge in [0.1, 0.15) is 0 Å². The van der Waals surface area contributed by atoms with Crippen LogP contribution < -0.4 is 0 Å². The van der Waals surface area contributed by atoms with Crippen LogP contribution >= 0.6 is 0 Å². The van der Waals surface area contributed by atoms with Gasteiger partial charge in [-0.1, -0.05) is 0 Å². The minimum atomic E-state index is -0.209. The predicted molar refractivity (Wildman–Crippen MR) is 52.1 cm³/mol. The molecule has 1 unspecified atom stereocenters. The third kappa shape index (κ3) is 2.18. The van der Waals surface area contributed by atoms with Crippen LogP contribution in [0.2, 0.25) is 0 Å². The lowest BCUT2D eigenvalue weighted by atomic mass is 10.2. The van der Waals surface area contributed by atoms with Crippen LogP contribution in [0.1, 0.15) is 18.3 Å². The van der Waals surface area contributed by atoms with Crippen molar-refractivity contribution >= 4 is 0 Å². The Bertz CT molecular complexity index is 254. The molecule has 3 nitrogen and oxygen atoms in total. The molecule has 0 bridgehead atoms. The Morgan fingerprint density at radius 1 is 1.64 bits per heavy atom. The SMILES string of the molecule is COC[C@@H]1CCOC(c2ccc[cH-]2)O1. The van der Waals surface area contributed by atoms with Crippen molar-refractivity contribution < 1.29 is 14.2 Å². The first-order chi connectivity index (χ1) is 6.90. The highest BCUT2D eigenvalue weighted by Gasteiger charge is 2.21. The van der Waals surface area contributed by atoms with E-state index >= 15 is 0 Å². The summed E-state index contributed by atoms with van der Waals surface area (Å²) in [4.78, 5) is 0. The van der Waals surface area contributed by atoms with Crippen molar-refractivity contribution in [1.82, 2.24) is 0 Å². The summed E-state index contributed by atoms with van der Waals surface area (Å²) in [5, 5.41) is 0. The van der Waals surface area contributed by atoms with Gasteiger partial charge in [0.15, 0.2) is 6.29 Å². The molecule has 0 aliphatic carbocycles. The molecule has 0 radical (unpaired) electrons. The zero-order chi connectivity index (χ0) is 9.80. The first-order valence-electron chi connectivity index (χ1n) is 4.88. The first kappa shape index (κ1) is 9.77. The molecule has 2 rings (SSSR count). The van der Waals surface area contributed by atoms with Gasteiger partial charge in [0, 0.05) is 7.11 Å². The molecule has 3 heteroatoms. The monoisotopic (exact) mass is 195 g/mol. The molecule has 0 spiro atoms. The van der Waals surface area contributed by atoms with Crippen molar-refractivity contribution in [3.05, 3.63) is 29.8 Å². The Balaban J connectivity index is 1.94. The van der Waals surface area contributed by atoms with Crippen molar-refractivity contribution in [2.45, 2.75) is 18.8 Å². The Hall–Kier alpha value is -0.770. The second-order valence-corrected chi connectivity index (χ2v) is 3.42.